The highest BCUT2D eigenvalue weighted by molar-refractivity contribution is 7.96. The number of aliphatic carboxylic acids is 1. The summed E-state index contributed by atoms with van der Waals surface area (Å²) in [5.41, 5.74) is 2.73. The number of hydrogen-bond acceptors (Lipinski definition) is 5. The molecule has 0 fully saturated rings. The molecular formula is C20H27N3O3S. The molecule has 1 aromatic rings. The first kappa shape index (κ1) is 22.7. The number of hydrogen-bond donors (Lipinski definition) is 4. The Morgan fingerprint density at radius 1 is 1.30 bits per heavy atom. The Labute approximate surface area is 164 Å². The largest absolute Gasteiger partial charge is 0.481 e. The van der Waals surface area contributed by atoms with Crippen LogP contribution in [0.3, 0.4) is 0 Å². The van der Waals surface area contributed by atoms with E-state index in [1.165, 1.54) is 18.2 Å². The monoisotopic (exact) mass is 389 g/mol. The normalized spacial score (nSPS) is 12.3. The number of carbonyl (C=O) groups excluding carboxylic acids is 1. The van der Waals surface area contributed by atoms with Gasteiger partial charge in [0.05, 0.1) is 12.5 Å². The van der Waals surface area contributed by atoms with E-state index in [2.05, 4.69) is 16.6 Å². The van der Waals surface area contributed by atoms with E-state index in [0.29, 0.717) is 25.1 Å². The summed E-state index contributed by atoms with van der Waals surface area (Å²) in [7, 11) is 0. The van der Waals surface area contributed by atoms with Crippen LogP contribution in [-0.4, -0.2) is 35.8 Å². The van der Waals surface area contributed by atoms with Gasteiger partial charge in [0.25, 0.3) is 0 Å². The summed E-state index contributed by atoms with van der Waals surface area (Å²) in [6.07, 6.45) is 5.85. The van der Waals surface area contributed by atoms with Gasteiger partial charge in [-0.25, -0.2) is 0 Å². The Morgan fingerprint density at radius 2 is 1.96 bits per heavy atom. The van der Waals surface area contributed by atoms with E-state index in [1.807, 2.05) is 31.2 Å². The van der Waals surface area contributed by atoms with Crippen molar-refractivity contribution in [3.05, 3.63) is 59.7 Å². The van der Waals surface area contributed by atoms with Gasteiger partial charge in [-0.05, 0) is 42.5 Å². The van der Waals surface area contributed by atoms with Crippen LogP contribution < -0.4 is 10.0 Å². The number of carboxylic acids is 1. The van der Waals surface area contributed by atoms with Crippen LogP contribution in [0.2, 0.25) is 0 Å². The van der Waals surface area contributed by atoms with Crippen molar-refractivity contribution in [2.45, 2.75) is 38.0 Å². The maximum atomic E-state index is 12.3. The Hall–Kier alpha value is -2.38. The molecule has 0 saturated carbocycles. The molecule has 0 saturated heterocycles. The van der Waals surface area contributed by atoms with Gasteiger partial charge >= 0.3 is 5.97 Å². The third kappa shape index (κ3) is 9.21. The van der Waals surface area contributed by atoms with E-state index < -0.39 is 5.97 Å². The van der Waals surface area contributed by atoms with Crippen LogP contribution in [0.15, 0.2) is 48.6 Å². The summed E-state index contributed by atoms with van der Waals surface area (Å²) >= 11 is 1.44. The molecule has 27 heavy (non-hydrogen) atoms. The molecule has 0 bridgehead atoms. The van der Waals surface area contributed by atoms with Crippen LogP contribution in [0.1, 0.15) is 30.9 Å². The molecule has 0 aromatic heterocycles. The average molecular weight is 390 g/mol. The average Bonchev–Trinajstić information content (AvgIpc) is 2.64. The molecule has 0 aliphatic rings. The van der Waals surface area contributed by atoms with Crippen molar-refractivity contribution in [1.29, 1.82) is 5.41 Å². The molecule has 0 aliphatic heterocycles. The van der Waals surface area contributed by atoms with Gasteiger partial charge in [0.2, 0.25) is 5.91 Å². The number of rotatable bonds is 13. The Morgan fingerprint density at radius 3 is 2.52 bits per heavy atom. The predicted molar refractivity (Wildman–Crippen MR) is 111 cm³/mol. The van der Waals surface area contributed by atoms with Crippen LogP contribution >= 0.6 is 11.9 Å². The predicted octanol–water partition coefficient (Wildman–Crippen LogP) is 3.10. The summed E-state index contributed by atoms with van der Waals surface area (Å²) in [6.45, 7) is 6.18. The summed E-state index contributed by atoms with van der Waals surface area (Å²) in [5.74, 6) is -0.243. The second kappa shape index (κ2) is 12.9. The van der Waals surface area contributed by atoms with E-state index in [-0.39, 0.29) is 18.4 Å². The number of allylic oxidation sites excluding steroid dienone is 3. The highest BCUT2D eigenvalue weighted by Gasteiger charge is 2.17. The molecule has 0 aliphatic carbocycles. The molecule has 0 radical (unpaired) electrons. The van der Waals surface area contributed by atoms with Crippen LogP contribution in [0, 0.1) is 5.41 Å². The Balaban J connectivity index is 2.58. The second-order valence-corrected chi connectivity index (χ2v) is 6.70. The van der Waals surface area contributed by atoms with E-state index >= 15 is 0 Å². The highest BCUT2D eigenvalue weighted by atomic mass is 32.2. The lowest BCUT2D eigenvalue weighted by Gasteiger charge is -2.17. The fourth-order valence-electron chi connectivity index (χ4n) is 2.37. The molecule has 1 amide bonds. The van der Waals surface area contributed by atoms with Crippen LogP contribution in [-0.2, 0) is 21.8 Å². The lowest BCUT2D eigenvalue weighted by Crippen LogP contribution is -2.41. The van der Waals surface area contributed by atoms with Crippen molar-refractivity contribution in [1.82, 2.24) is 10.0 Å². The minimum atomic E-state index is -0.848. The van der Waals surface area contributed by atoms with Gasteiger partial charge in [0, 0.05) is 18.5 Å². The van der Waals surface area contributed by atoms with Crippen molar-refractivity contribution < 1.29 is 14.7 Å². The molecule has 1 rings (SSSR count). The molecule has 7 heteroatoms. The van der Waals surface area contributed by atoms with Crippen LogP contribution in [0.4, 0.5) is 0 Å². The summed E-state index contributed by atoms with van der Waals surface area (Å²) in [6, 6.07) is 7.07. The van der Waals surface area contributed by atoms with E-state index in [4.69, 9.17) is 10.5 Å². The zero-order valence-electron chi connectivity index (χ0n) is 15.5. The molecule has 0 spiro atoms. The van der Waals surface area contributed by atoms with Gasteiger partial charge in [0.15, 0.2) is 0 Å². The minimum Gasteiger partial charge on any atom is -0.481 e. The van der Waals surface area contributed by atoms with Crippen molar-refractivity contribution in [2.75, 3.05) is 6.54 Å². The number of likely N-dealkylation sites (N-methyl/N-ethyl adjacent to an activating group) is 1. The van der Waals surface area contributed by atoms with Crippen molar-refractivity contribution >= 4 is 30.0 Å². The second-order valence-electron chi connectivity index (χ2n) is 5.89. The first-order valence-corrected chi connectivity index (χ1v) is 9.75. The zero-order chi connectivity index (χ0) is 20.1. The SMILES string of the molecule is C=C/C(=C\C=N)CCC(NSCc1ccc(CC(=O)O)cc1)C(=O)NCC. The van der Waals surface area contributed by atoms with Crippen molar-refractivity contribution in [3.63, 3.8) is 0 Å². The van der Waals surface area contributed by atoms with Gasteiger partial charge in [-0.15, -0.1) is 0 Å². The summed E-state index contributed by atoms with van der Waals surface area (Å²) in [4.78, 5) is 23.0. The maximum Gasteiger partial charge on any atom is 0.307 e. The topological polar surface area (TPSA) is 102 Å². The number of amides is 1. The summed E-state index contributed by atoms with van der Waals surface area (Å²) in [5, 5.41) is 18.8. The van der Waals surface area contributed by atoms with Gasteiger partial charge < -0.3 is 15.8 Å². The third-order valence-electron chi connectivity index (χ3n) is 3.79. The van der Waals surface area contributed by atoms with Crippen molar-refractivity contribution in [3.8, 4) is 0 Å². The first-order valence-electron chi connectivity index (χ1n) is 8.76. The minimum absolute atomic E-state index is 0.0137. The van der Waals surface area contributed by atoms with E-state index in [9.17, 15) is 9.59 Å². The quantitative estimate of drug-likeness (QED) is 0.236. The molecule has 0 heterocycles. The van der Waals surface area contributed by atoms with Crippen LogP contribution in [0.25, 0.3) is 0 Å². The Bertz CT molecular complexity index is 672. The smallest absolute Gasteiger partial charge is 0.307 e. The third-order valence-corrected chi connectivity index (χ3v) is 4.72. The summed E-state index contributed by atoms with van der Waals surface area (Å²) < 4.78 is 3.21. The van der Waals surface area contributed by atoms with E-state index in [0.717, 1.165) is 16.7 Å². The molecule has 1 atom stereocenters. The molecule has 1 unspecified atom stereocenters. The van der Waals surface area contributed by atoms with Crippen LogP contribution in [0.5, 0.6) is 0 Å². The molecule has 146 valence electrons. The van der Waals surface area contributed by atoms with Gasteiger partial charge in [-0.1, -0.05) is 48.9 Å². The van der Waals surface area contributed by atoms with E-state index in [1.54, 1.807) is 12.2 Å². The number of carbonyl (C=O) groups is 2. The fraction of sp³-hybridized carbons (Fsp3) is 0.350. The molecule has 1 aromatic carbocycles. The molecule has 4 N–H and O–H groups in total. The van der Waals surface area contributed by atoms with Gasteiger partial charge in [0.1, 0.15) is 0 Å². The number of carboxylic acid groups (broad SMARTS) is 1. The molecule has 6 nitrogen and oxygen atoms in total. The van der Waals surface area contributed by atoms with Gasteiger partial charge in [-0.2, -0.15) is 0 Å². The lowest BCUT2D eigenvalue weighted by atomic mass is 10.1. The lowest BCUT2D eigenvalue weighted by molar-refractivity contribution is -0.136. The number of nitrogens with one attached hydrogen (secondary N) is 3. The Kier molecular flexibility index (Phi) is 10.8. The maximum absolute atomic E-state index is 12.3. The van der Waals surface area contributed by atoms with Gasteiger partial charge in [-0.3, -0.25) is 14.3 Å². The zero-order valence-corrected chi connectivity index (χ0v) is 16.3. The molecular weight excluding hydrogens is 362 g/mol. The fourth-order valence-corrected chi connectivity index (χ4v) is 3.23. The first-order chi connectivity index (χ1) is 13.0. The number of benzene rings is 1. The highest BCUT2D eigenvalue weighted by Crippen LogP contribution is 2.15. The van der Waals surface area contributed by atoms with Crippen molar-refractivity contribution in [2.24, 2.45) is 0 Å². The standard InChI is InChI=1S/C20H27N3O3S/c1-3-15(11-12-21)9-10-18(20(26)22-4-2)23-27-14-17-7-5-16(6-8-17)13-19(24)25/h3,5-8,11-12,18,21,23H,1,4,9-10,13-14H2,2H3,(H,22,26)(H,24,25)/b15-11+,21-12?.